The molecule has 4 heteroatoms. The Hall–Kier alpha value is -2.26. The molecular formula is C18H16ClNO2. The van der Waals surface area contributed by atoms with Gasteiger partial charge in [-0.3, -0.25) is 4.79 Å². The van der Waals surface area contributed by atoms with Gasteiger partial charge in [-0.25, -0.2) is 0 Å². The number of halogens is 1. The lowest BCUT2D eigenvalue weighted by Crippen LogP contribution is -2.04. The summed E-state index contributed by atoms with van der Waals surface area (Å²) in [5, 5.41) is 1.41. The molecule has 0 spiro atoms. The van der Waals surface area contributed by atoms with E-state index in [1.807, 2.05) is 18.2 Å². The maximum absolute atomic E-state index is 11.4. The zero-order valence-corrected chi connectivity index (χ0v) is 12.8. The van der Waals surface area contributed by atoms with E-state index in [1.54, 1.807) is 18.2 Å². The fourth-order valence-corrected chi connectivity index (χ4v) is 2.63. The van der Waals surface area contributed by atoms with Gasteiger partial charge in [0, 0.05) is 16.5 Å². The fraction of sp³-hybridized carbons (Fsp3) is 0.167. The molecule has 0 saturated heterocycles. The van der Waals surface area contributed by atoms with Gasteiger partial charge in [0.15, 0.2) is 0 Å². The summed E-state index contributed by atoms with van der Waals surface area (Å²) in [5.41, 5.74) is 1.84. The van der Waals surface area contributed by atoms with Crippen molar-refractivity contribution in [2.24, 2.45) is 0 Å². The molecule has 0 aliphatic heterocycles. The van der Waals surface area contributed by atoms with Crippen molar-refractivity contribution in [2.75, 3.05) is 6.61 Å². The third-order valence-electron chi connectivity index (χ3n) is 3.48. The number of fused-ring (bicyclic) bond motifs is 1. The van der Waals surface area contributed by atoms with E-state index in [0.717, 1.165) is 18.2 Å². The van der Waals surface area contributed by atoms with Gasteiger partial charge in [0.25, 0.3) is 0 Å². The molecule has 1 aromatic heterocycles. The van der Waals surface area contributed by atoms with E-state index in [9.17, 15) is 4.79 Å². The van der Waals surface area contributed by atoms with Crippen molar-refractivity contribution in [3.63, 3.8) is 0 Å². The molecule has 2 aromatic carbocycles. The highest BCUT2D eigenvalue weighted by molar-refractivity contribution is 6.31. The van der Waals surface area contributed by atoms with Crippen LogP contribution in [0.3, 0.4) is 0 Å². The summed E-state index contributed by atoms with van der Waals surface area (Å²) >= 11 is 6.08. The molecule has 0 amide bonds. The summed E-state index contributed by atoms with van der Waals surface area (Å²) in [4.78, 5) is 14.2. The van der Waals surface area contributed by atoms with Gasteiger partial charge in [-0.2, -0.15) is 0 Å². The van der Waals surface area contributed by atoms with Gasteiger partial charge >= 0.3 is 0 Å². The number of hydrogen-bond acceptors (Lipinski definition) is 2. The zero-order valence-electron chi connectivity index (χ0n) is 12.0. The third kappa shape index (κ3) is 3.49. The number of pyridine rings is 1. The first kappa shape index (κ1) is 14.7. The molecular weight excluding hydrogens is 298 g/mol. The molecule has 3 rings (SSSR count). The highest BCUT2D eigenvalue weighted by Gasteiger charge is 2.05. The van der Waals surface area contributed by atoms with Crippen LogP contribution in [0.15, 0.2) is 59.4 Å². The average Bonchev–Trinajstić information content (AvgIpc) is 2.52. The Morgan fingerprint density at radius 1 is 1.05 bits per heavy atom. The monoisotopic (exact) mass is 313 g/mol. The Balaban J connectivity index is 1.70. The van der Waals surface area contributed by atoms with E-state index in [0.29, 0.717) is 22.9 Å². The molecule has 0 saturated carbocycles. The number of aromatic amines is 1. The van der Waals surface area contributed by atoms with Gasteiger partial charge in [-0.1, -0.05) is 41.9 Å². The molecule has 0 aliphatic carbocycles. The highest BCUT2D eigenvalue weighted by Crippen LogP contribution is 2.28. The minimum absolute atomic E-state index is 0.148. The topological polar surface area (TPSA) is 42.1 Å². The van der Waals surface area contributed by atoms with Crippen molar-refractivity contribution < 1.29 is 4.74 Å². The summed E-state index contributed by atoms with van der Waals surface area (Å²) in [6.45, 7) is 0.601. The van der Waals surface area contributed by atoms with E-state index in [2.05, 4.69) is 17.1 Å². The van der Waals surface area contributed by atoms with E-state index < -0.39 is 0 Å². The molecule has 22 heavy (non-hydrogen) atoms. The van der Waals surface area contributed by atoms with Crippen LogP contribution >= 0.6 is 11.6 Å². The van der Waals surface area contributed by atoms with Crippen molar-refractivity contribution in [1.82, 2.24) is 4.98 Å². The molecule has 0 aliphatic rings. The standard InChI is InChI=1S/C18H16ClNO2/c19-14-11-16-15(8-9-18(21)20-16)17(12-14)22-10-4-7-13-5-2-1-3-6-13/h1-3,5-6,8-9,11-12H,4,7,10H2,(H,20,21). The maximum Gasteiger partial charge on any atom is 0.248 e. The molecule has 1 N–H and O–H groups in total. The van der Waals surface area contributed by atoms with E-state index >= 15 is 0 Å². The van der Waals surface area contributed by atoms with Gasteiger partial charge in [0.05, 0.1) is 12.1 Å². The first-order chi connectivity index (χ1) is 10.7. The van der Waals surface area contributed by atoms with Crippen LogP contribution in [0.5, 0.6) is 5.75 Å². The lowest BCUT2D eigenvalue weighted by atomic mass is 10.1. The van der Waals surface area contributed by atoms with Crippen molar-refractivity contribution in [2.45, 2.75) is 12.8 Å². The van der Waals surface area contributed by atoms with Gasteiger partial charge in [-0.05, 0) is 36.6 Å². The maximum atomic E-state index is 11.4. The van der Waals surface area contributed by atoms with Crippen LogP contribution in [0.2, 0.25) is 5.02 Å². The molecule has 0 fully saturated rings. The average molecular weight is 314 g/mol. The van der Waals surface area contributed by atoms with E-state index in [-0.39, 0.29) is 5.56 Å². The Morgan fingerprint density at radius 3 is 2.68 bits per heavy atom. The zero-order chi connectivity index (χ0) is 15.4. The Morgan fingerprint density at radius 2 is 1.86 bits per heavy atom. The quantitative estimate of drug-likeness (QED) is 0.717. The second kappa shape index (κ2) is 6.67. The molecule has 3 nitrogen and oxygen atoms in total. The second-order valence-corrected chi connectivity index (χ2v) is 5.56. The SMILES string of the molecule is O=c1ccc2c(OCCCc3ccccc3)cc(Cl)cc2[nH]1. The predicted molar refractivity (Wildman–Crippen MR) is 89.8 cm³/mol. The molecule has 0 bridgehead atoms. The molecule has 0 atom stereocenters. The summed E-state index contributed by atoms with van der Waals surface area (Å²) in [5.74, 6) is 0.701. The molecule has 1 heterocycles. The number of nitrogens with one attached hydrogen (secondary N) is 1. The number of aryl methyl sites for hydroxylation is 1. The summed E-state index contributed by atoms with van der Waals surface area (Å²) in [7, 11) is 0. The van der Waals surface area contributed by atoms with Gasteiger partial charge in [0.2, 0.25) is 5.56 Å². The van der Waals surface area contributed by atoms with Crippen molar-refractivity contribution >= 4 is 22.5 Å². The summed E-state index contributed by atoms with van der Waals surface area (Å²) < 4.78 is 5.86. The molecule has 3 aromatic rings. The Bertz CT molecular complexity index is 827. The number of ether oxygens (including phenoxy) is 1. The van der Waals surface area contributed by atoms with Crippen LogP contribution in [0.4, 0.5) is 0 Å². The van der Waals surface area contributed by atoms with Crippen molar-refractivity contribution in [3.8, 4) is 5.75 Å². The Labute approximate surface area is 133 Å². The summed E-state index contributed by atoms with van der Waals surface area (Å²) in [6.07, 6.45) is 1.89. The highest BCUT2D eigenvalue weighted by atomic mass is 35.5. The second-order valence-electron chi connectivity index (χ2n) is 5.13. The number of benzene rings is 2. The third-order valence-corrected chi connectivity index (χ3v) is 3.69. The van der Waals surface area contributed by atoms with Crippen LogP contribution in [-0.2, 0) is 6.42 Å². The first-order valence-corrected chi connectivity index (χ1v) is 7.59. The lowest BCUT2D eigenvalue weighted by molar-refractivity contribution is 0.314. The minimum Gasteiger partial charge on any atom is -0.493 e. The normalized spacial score (nSPS) is 10.8. The molecule has 0 unspecified atom stereocenters. The summed E-state index contributed by atoms with van der Waals surface area (Å²) in [6, 6.07) is 17.1. The number of hydrogen-bond donors (Lipinski definition) is 1. The van der Waals surface area contributed by atoms with Crippen LogP contribution in [0.1, 0.15) is 12.0 Å². The van der Waals surface area contributed by atoms with Gasteiger partial charge in [-0.15, -0.1) is 0 Å². The molecule has 112 valence electrons. The van der Waals surface area contributed by atoms with Gasteiger partial charge in [0.1, 0.15) is 5.75 Å². The van der Waals surface area contributed by atoms with Crippen LogP contribution < -0.4 is 10.3 Å². The van der Waals surface area contributed by atoms with E-state index in [1.165, 1.54) is 11.6 Å². The number of aromatic nitrogens is 1. The van der Waals surface area contributed by atoms with Crippen molar-refractivity contribution in [1.29, 1.82) is 0 Å². The van der Waals surface area contributed by atoms with Crippen LogP contribution in [0, 0.1) is 0 Å². The van der Waals surface area contributed by atoms with Crippen molar-refractivity contribution in [3.05, 3.63) is 75.5 Å². The minimum atomic E-state index is -0.148. The van der Waals surface area contributed by atoms with Crippen LogP contribution in [-0.4, -0.2) is 11.6 Å². The predicted octanol–water partition coefficient (Wildman–Crippen LogP) is 4.19. The first-order valence-electron chi connectivity index (χ1n) is 7.22. The largest absolute Gasteiger partial charge is 0.493 e. The smallest absolute Gasteiger partial charge is 0.248 e. The van der Waals surface area contributed by atoms with Crippen LogP contribution in [0.25, 0.3) is 10.9 Å². The fourth-order valence-electron chi connectivity index (χ4n) is 2.42. The lowest BCUT2D eigenvalue weighted by Gasteiger charge is -2.10. The Kier molecular flexibility index (Phi) is 4.45. The number of H-pyrrole nitrogens is 1. The van der Waals surface area contributed by atoms with E-state index in [4.69, 9.17) is 16.3 Å². The number of rotatable bonds is 5. The van der Waals surface area contributed by atoms with Gasteiger partial charge < -0.3 is 9.72 Å². The molecule has 0 radical (unpaired) electrons.